The lowest BCUT2D eigenvalue weighted by Gasteiger charge is -2.12. The van der Waals surface area contributed by atoms with Crippen LogP contribution in [0, 0.1) is 0 Å². The maximum Gasteiger partial charge on any atom is 0.160 e. The van der Waals surface area contributed by atoms with Crippen LogP contribution in [0.25, 0.3) is 111 Å². The molecule has 0 radical (unpaired) electrons. The lowest BCUT2D eigenvalue weighted by atomic mass is 10.1. The van der Waals surface area contributed by atoms with E-state index in [1.807, 2.05) is 24.3 Å². The van der Waals surface area contributed by atoms with Gasteiger partial charge in [0.2, 0.25) is 0 Å². The molecular weight excluding hydrogens is 697 g/mol. The van der Waals surface area contributed by atoms with Crippen LogP contribution in [0.2, 0.25) is 0 Å². The van der Waals surface area contributed by atoms with Crippen molar-refractivity contribution < 1.29 is 4.42 Å². The summed E-state index contributed by atoms with van der Waals surface area (Å²) in [5, 5.41) is 7.00. The molecule has 5 heteroatoms. The molecule has 4 heterocycles. The first kappa shape index (κ1) is 31.6. The summed E-state index contributed by atoms with van der Waals surface area (Å²) in [7, 11) is 0. The van der Waals surface area contributed by atoms with Crippen molar-refractivity contribution in [2.24, 2.45) is 0 Å². The zero-order chi connectivity index (χ0) is 37.5. The molecule has 0 fully saturated rings. The Bertz CT molecular complexity index is 3450. The zero-order valence-electron chi connectivity index (χ0n) is 30.7. The van der Waals surface area contributed by atoms with Crippen molar-refractivity contribution in [1.29, 1.82) is 0 Å². The second-order valence-electron chi connectivity index (χ2n) is 14.6. The van der Waals surface area contributed by atoms with Crippen LogP contribution in [0.1, 0.15) is 0 Å². The van der Waals surface area contributed by atoms with Crippen molar-refractivity contribution in [2.45, 2.75) is 0 Å². The topological polar surface area (TPSA) is 48.8 Å². The van der Waals surface area contributed by atoms with Gasteiger partial charge in [-0.3, -0.25) is 0 Å². The van der Waals surface area contributed by atoms with E-state index in [2.05, 4.69) is 179 Å². The van der Waals surface area contributed by atoms with Gasteiger partial charge >= 0.3 is 0 Å². The fraction of sp³-hybridized carbons (Fsp3) is 0. The summed E-state index contributed by atoms with van der Waals surface area (Å²) in [6.07, 6.45) is 0. The van der Waals surface area contributed by atoms with E-state index in [-0.39, 0.29) is 0 Å². The highest BCUT2D eigenvalue weighted by Gasteiger charge is 2.23. The van der Waals surface area contributed by atoms with E-state index < -0.39 is 0 Å². The summed E-state index contributed by atoms with van der Waals surface area (Å²) in [5.74, 6) is 0.670. The van der Waals surface area contributed by atoms with Gasteiger partial charge in [-0.1, -0.05) is 133 Å². The maximum atomic E-state index is 6.54. The quantitative estimate of drug-likeness (QED) is 0.177. The minimum absolute atomic E-state index is 0.670. The number of para-hydroxylation sites is 3. The number of benzene rings is 8. The first-order chi connectivity index (χ1) is 28.3. The molecule has 0 atom stereocenters. The Morgan fingerprint density at radius 1 is 0.351 bits per heavy atom. The Morgan fingerprint density at radius 3 is 1.74 bits per heavy atom. The molecule has 12 rings (SSSR count). The number of rotatable bonds is 5. The van der Waals surface area contributed by atoms with Gasteiger partial charge in [0.1, 0.15) is 11.2 Å². The molecular formula is C52H32N4O. The van der Waals surface area contributed by atoms with Crippen LogP contribution in [-0.2, 0) is 0 Å². The molecule has 0 amide bonds. The molecule has 0 unspecified atom stereocenters. The van der Waals surface area contributed by atoms with Gasteiger partial charge in [0, 0.05) is 66.4 Å². The van der Waals surface area contributed by atoms with Crippen molar-refractivity contribution in [3.8, 4) is 45.3 Å². The summed E-state index contributed by atoms with van der Waals surface area (Å²) in [4.78, 5) is 10.4. The van der Waals surface area contributed by atoms with E-state index in [1.165, 1.54) is 27.2 Å². The van der Waals surface area contributed by atoms with Gasteiger partial charge in [-0.15, -0.1) is 0 Å². The third-order valence-electron chi connectivity index (χ3n) is 11.3. The number of furan rings is 1. The summed E-state index contributed by atoms with van der Waals surface area (Å²) in [6, 6.07) is 68.3. The summed E-state index contributed by atoms with van der Waals surface area (Å²) < 4.78 is 11.4. The van der Waals surface area contributed by atoms with Crippen molar-refractivity contribution in [3.05, 3.63) is 194 Å². The minimum atomic E-state index is 0.670. The second-order valence-corrected chi connectivity index (χ2v) is 14.6. The van der Waals surface area contributed by atoms with E-state index in [9.17, 15) is 0 Å². The molecule has 12 aromatic rings. The lowest BCUT2D eigenvalue weighted by molar-refractivity contribution is 0.669. The molecule has 8 aromatic carbocycles. The molecule has 0 aliphatic heterocycles. The Balaban J connectivity index is 1.17. The van der Waals surface area contributed by atoms with Crippen LogP contribution in [0.4, 0.5) is 0 Å². The molecule has 0 saturated heterocycles. The molecule has 0 N–H and O–H groups in total. The Hall–Kier alpha value is -7.76. The number of fused-ring (bicyclic) bond motifs is 10. The first-order valence-electron chi connectivity index (χ1n) is 19.2. The van der Waals surface area contributed by atoms with Gasteiger partial charge in [0.15, 0.2) is 5.82 Å². The molecule has 5 nitrogen and oxygen atoms in total. The summed E-state index contributed by atoms with van der Waals surface area (Å²) in [5.41, 5.74) is 13.2. The van der Waals surface area contributed by atoms with Crippen LogP contribution in [0.15, 0.2) is 199 Å². The van der Waals surface area contributed by atoms with Crippen LogP contribution < -0.4 is 0 Å². The third-order valence-corrected chi connectivity index (χ3v) is 11.3. The molecule has 0 aliphatic carbocycles. The molecule has 0 saturated carbocycles. The van der Waals surface area contributed by atoms with Crippen molar-refractivity contribution in [3.63, 3.8) is 0 Å². The van der Waals surface area contributed by atoms with E-state index in [0.717, 1.165) is 77.8 Å². The summed E-state index contributed by atoms with van der Waals surface area (Å²) >= 11 is 0. The van der Waals surface area contributed by atoms with Gasteiger partial charge in [-0.2, -0.15) is 0 Å². The van der Waals surface area contributed by atoms with Crippen LogP contribution in [-0.4, -0.2) is 19.1 Å². The molecule has 0 bridgehead atoms. The molecule has 4 aromatic heterocycles. The minimum Gasteiger partial charge on any atom is -0.456 e. The molecule has 0 aliphatic rings. The smallest absolute Gasteiger partial charge is 0.160 e. The van der Waals surface area contributed by atoms with Crippen molar-refractivity contribution in [2.75, 3.05) is 0 Å². The average molecular weight is 729 g/mol. The molecule has 266 valence electrons. The highest BCUT2D eigenvalue weighted by molar-refractivity contribution is 6.28. The summed E-state index contributed by atoms with van der Waals surface area (Å²) in [6.45, 7) is 0. The van der Waals surface area contributed by atoms with Crippen molar-refractivity contribution >= 4 is 65.6 Å². The molecule has 0 spiro atoms. The number of nitrogens with zero attached hydrogens (tertiary/aromatic N) is 4. The fourth-order valence-corrected chi connectivity index (χ4v) is 8.77. The highest BCUT2D eigenvalue weighted by Crippen LogP contribution is 2.44. The van der Waals surface area contributed by atoms with Gasteiger partial charge in [0.25, 0.3) is 0 Å². The van der Waals surface area contributed by atoms with Crippen LogP contribution in [0.3, 0.4) is 0 Å². The monoisotopic (exact) mass is 728 g/mol. The Kier molecular flexibility index (Phi) is 6.86. The van der Waals surface area contributed by atoms with Crippen LogP contribution >= 0.6 is 0 Å². The number of hydrogen-bond donors (Lipinski definition) is 0. The van der Waals surface area contributed by atoms with Crippen LogP contribution in [0.5, 0.6) is 0 Å². The van der Waals surface area contributed by atoms with Gasteiger partial charge in [-0.05, 0) is 54.6 Å². The third kappa shape index (κ3) is 4.89. The first-order valence-corrected chi connectivity index (χ1v) is 19.2. The van der Waals surface area contributed by atoms with E-state index in [0.29, 0.717) is 5.82 Å². The highest BCUT2D eigenvalue weighted by atomic mass is 16.3. The lowest BCUT2D eigenvalue weighted by Crippen LogP contribution is -1.98. The number of aromatic nitrogens is 4. The van der Waals surface area contributed by atoms with E-state index in [4.69, 9.17) is 14.4 Å². The van der Waals surface area contributed by atoms with E-state index in [1.54, 1.807) is 0 Å². The van der Waals surface area contributed by atoms with E-state index >= 15 is 0 Å². The second kappa shape index (κ2) is 12.4. The fourth-order valence-electron chi connectivity index (χ4n) is 8.77. The number of hydrogen-bond acceptors (Lipinski definition) is 3. The predicted octanol–water partition coefficient (Wildman–Crippen LogP) is 13.6. The standard InChI is InChI=1S/C52H32N4O/c1-4-15-33(16-5-1)43-31-44(34-17-6-2-7-18-34)54-52(53-43)35-19-14-22-37(29-35)55-46-28-27-40-38-23-10-12-25-45(38)56(36-20-8-3-9-21-36)51(40)50(46)42-30-41-39-24-11-13-26-48(39)57-49(41)32-47(42)55/h1-32H. The Labute approximate surface area is 327 Å². The largest absolute Gasteiger partial charge is 0.456 e. The molecule has 57 heavy (non-hydrogen) atoms. The van der Waals surface area contributed by atoms with Gasteiger partial charge in [-0.25, -0.2) is 9.97 Å². The maximum absolute atomic E-state index is 6.54. The normalized spacial score (nSPS) is 11.9. The van der Waals surface area contributed by atoms with Gasteiger partial charge < -0.3 is 13.6 Å². The predicted molar refractivity (Wildman–Crippen MR) is 234 cm³/mol. The van der Waals surface area contributed by atoms with Crippen molar-refractivity contribution in [1.82, 2.24) is 19.1 Å². The van der Waals surface area contributed by atoms with Gasteiger partial charge in [0.05, 0.1) is 33.5 Å². The Morgan fingerprint density at radius 2 is 0.982 bits per heavy atom. The average Bonchev–Trinajstić information content (AvgIpc) is 3.93. The SMILES string of the molecule is c1ccc(-c2cc(-c3ccccc3)nc(-c3cccc(-n4c5cc6oc7ccccc7c6cc5c5c4ccc4c6ccccc6n(-c6ccccc6)c45)c3)n2)cc1. The zero-order valence-corrected chi connectivity index (χ0v) is 30.7.